The first-order valence-corrected chi connectivity index (χ1v) is 9.39. The zero-order valence-corrected chi connectivity index (χ0v) is 11.7. The van der Waals surface area contributed by atoms with Gasteiger partial charge in [-0.25, -0.2) is 0 Å². The van der Waals surface area contributed by atoms with Crippen LogP contribution in [0.1, 0.15) is 34.6 Å². The first-order chi connectivity index (χ1) is 5.49. The van der Waals surface area contributed by atoms with Crippen molar-refractivity contribution >= 4 is 18.1 Å². The second-order valence-corrected chi connectivity index (χ2v) is 11.4. The van der Waals surface area contributed by atoms with Crippen LogP contribution < -0.4 is 0 Å². The summed E-state index contributed by atoms with van der Waals surface area (Å²) in [7, 11) is -1.68. The Hall–Kier alpha value is 0.394. The second kappa shape index (κ2) is 5.94. The molecule has 12 heavy (non-hydrogen) atoms. The highest BCUT2D eigenvalue weighted by Crippen LogP contribution is 2.21. The molecule has 0 aliphatic heterocycles. The lowest BCUT2D eigenvalue weighted by Gasteiger charge is -2.26. The van der Waals surface area contributed by atoms with Crippen LogP contribution in [-0.4, -0.2) is 18.1 Å². The lowest BCUT2D eigenvalue weighted by Crippen LogP contribution is -2.31. The van der Waals surface area contributed by atoms with Crippen LogP contribution in [0, 0.1) is 0 Å². The zero-order chi connectivity index (χ0) is 9.72. The third-order valence-electron chi connectivity index (χ3n) is 2.28. The highest BCUT2D eigenvalue weighted by molar-refractivity contribution is 6.66. The normalized spacial score (nSPS) is 14.8. The minimum atomic E-state index is -0.894. The van der Waals surface area contributed by atoms with Crippen LogP contribution in [0.5, 0.6) is 0 Å². The highest BCUT2D eigenvalue weighted by Gasteiger charge is 2.22. The number of hydrogen-bond acceptors (Lipinski definition) is 1. The van der Waals surface area contributed by atoms with Gasteiger partial charge in [-0.05, 0) is 23.7 Å². The first kappa shape index (κ1) is 12.4. The monoisotopic (exact) mass is 204 g/mol. The van der Waals surface area contributed by atoms with Crippen molar-refractivity contribution in [3.05, 3.63) is 0 Å². The second-order valence-electron chi connectivity index (χ2n) is 4.31. The summed E-state index contributed by atoms with van der Waals surface area (Å²) in [5.41, 5.74) is 1.60. The SMILES string of the molecule is CC[SiH](C)O[SiH](C(C)C)C(C)C. The molecule has 0 radical (unpaired) electrons. The highest BCUT2D eigenvalue weighted by atomic mass is 28.4. The molecule has 0 N–H and O–H groups in total. The maximum Gasteiger partial charge on any atom is 0.168 e. The fraction of sp³-hybridized carbons (Fsp3) is 1.00. The maximum absolute atomic E-state index is 6.20. The van der Waals surface area contributed by atoms with Crippen molar-refractivity contribution in [2.24, 2.45) is 0 Å². The van der Waals surface area contributed by atoms with Gasteiger partial charge >= 0.3 is 0 Å². The minimum Gasteiger partial charge on any atom is -0.460 e. The van der Waals surface area contributed by atoms with E-state index in [1.807, 2.05) is 0 Å². The molecule has 0 aliphatic carbocycles. The molecule has 0 fully saturated rings. The number of hydrogen-bond donors (Lipinski definition) is 0. The van der Waals surface area contributed by atoms with Crippen molar-refractivity contribution in [3.8, 4) is 0 Å². The fourth-order valence-electron chi connectivity index (χ4n) is 1.45. The molecular weight excluding hydrogens is 180 g/mol. The molecule has 0 aliphatic rings. The molecule has 0 aromatic carbocycles. The van der Waals surface area contributed by atoms with Gasteiger partial charge in [0.15, 0.2) is 18.1 Å². The van der Waals surface area contributed by atoms with Crippen molar-refractivity contribution in [2.75, 3.05) is 0 Å². The molecule has 0 aromatic heterocycles. The minimum absolute atomic E-state index is 0.790. The van der Waals surface area contributed by atoms with E-state index in [2.05, 4.69) is 41.2 Å². The van der Waals surface area contributed by atoms with Crippen LogP contribution >= 0.6 is 0 Å². The summed E-state index contributed by atoms with van der Waals surface area (Å²) in [6.07, 6.45) is 0. The molecular formula is C9H24OSi2. The van der Waals surface area contributed by atoms with Gasteiger partial charge in [0.25, 0.3) is 0 Å². The zero-order valence-electron chi connectivity index (χ0n) is 9.42. The van der Waals surface area contributed by atoms with Gasteiger partial charge in [-0.3, -0.25) is 0 Å². The van der Waals surface area contributed by atoms with Crippen molar-refractivity contribution in [1.29, 1.82) is 0 Å². The van der Waals surface area contributed by atoms with E-state index in [9.17, 15) is 0 Å². The van der Waals surface area contributed by atoms with E-state index in [0.717, 1.165) is 11.1 Å². The number of rotatable bonds is 5. The Balaban J connectivity index is 3.95. The van der Waals surface area contributed by atoms with E-state index in [1.165, 1.54) is 6.04 Å². The van der Waals surface area contributed by atoms with Crippen molar-refractivity contribution in [3.63, 3.8) is 0 Å². The third-order valence-corrected chi connectivity index (χ3v) is 9.17. The van der Waals surface area contributed by atoms with Gasteiger partial charge in [0, 0.05) is 0 Å². The summed E-state index contributed by atoms with van der Waals surface area (Å²) in [6.45, 7) is 13.8. The molecule has 0 bridgehead atoms. The average Bonchev–Trinajstić information content (AvgIpc) is 1.98. The summed E-state index contributed by atoms with van der Waals surface area (Å²) in [4.78, 5) is 0. The van der Waals surface area contributed by atoms with Gasteiger partial charge in [0.1, 0.15) is 0 Å². The Bertz CT molecular complexity index is 107. The van der Waals surface area contributed by atoms with E-state index in [1.54, 1.807) is 0 Å². The summed E-state index contributed by atoms with van der Waals surface area (Å²) in [5, 5.41) is 0. The topological polar surface area (TPSA) is 9.23 Å². The fourth-order valence-corrected chi connectivity index (χ4v) is 8.42. The third kappa shape index (κ3) is 4.43. The van der Waals surface area contributed by atoms with Gasteiger partial charge in [-0.2, -0.15) is 0 Å². The molecule has 0 aromatic rings. The Morgan fingerprint density at radius 1 is 1.08 bits per heavy atom. The Labute approximate surface area is 81.0 Å². The molecule has 0 amide bonds. The van der Waals surface area contributed by atoms with Crippen LogP contribution in [-0.2, 0) is 4.12 Å². The van der Waals surface area contributed by atoms with Crippen LogP contribution in [0.2, 0.25) is 23.7 Å². The predicted octanol–water partition coefficient (Wildman–Crippen LogP) is 2.92. The molecule has 0 rings (SSSR count). The van der Waals surface area contributed by atoms with Crippen molar-refractivity contribution in [1.82, 2.24) is 0 Å². The van der Waals surface area contributed by atoms with Gasteiger partial charge in [-0.15, -0.1) is 0 Å². The van der Waals surface area contributed by atoms with Gasteiger partial charge in [0.2, 0.25) is 0 Å². The molecule has 0 spiro atoms. The molecule has 0 saturated carbocycles. The van der Waals surface area contributed by atoms with Crippen LogP contribution in [0.25, 0.3) is 0 Å². The van der Waals surface area contributed by atoms with E-state index >= 15 is 0 Å². The van der Waals surface area contributed by atoms with Crippen LogP contribution in [0.15, 0.2) is 0 Å². The van der Waals surface area contributed by atoms with Gasteiger partial charge in [-0.1, -0.05) is 34.6 Å². The molecule has 1 unspecified atom stereocenters. The molecule has 3 heteroatoms. The summed E-state index contributed by atoms with van der Waals surface area (Å²) >= 11 is 0. The predicted molar refractivity (Wildman–Crippen MR) is 61.9 cm³/mol. The smallest absolute Gasteiger partial charge is 0.168 e. The Kier molecular flexibility index (Phi) is 6.14. The lowest BCUT2D eigenvalue weighted by molar-refractivity contribution is 0.550. The summed E-state index contributed by atoms with van der Waals surface area (Å²) in [6, 6.07) is 1.28. The van der Waals surface area contributed by atoms with Crippen molar-refractivity contribution < 1.29 is 4.12 Å². The molecule has 1 nitrogen and oxygen atoms in total. The maximum atomic E-state index is 6.20. The van der Waals surface area contributed by atoms with Gasteiger partial charge in [0.05, 0.1) is 0 Å². The van der Waals surface area contributed by atoms with Gasteiger partial charge < -0.3 is 4.12 Å². The summed E-state index contributed by atoms with van der Waals surface area (Å²) in [5.74, 6) is 0. The average molecular weight is 204 g/mol. The quantitative estimate of drug-likeness (QED) is 0.626. The van der Waals surface area contributed by atoms with E-state index in [4.69, 9.17) is 4.12 Å². The first-order valence-electron chi connectivity index (χ1n) is 5.14. The van der Waals surface area contributed by atoms with Crippen molar-refractivity contribution in [2.45, 2.75) is 58.3 Å². The molecule has 0 heterocycles. The Morgan fingerprint density at radius 3 is 1.75 bits per heavy atom. The van der Waals surface area contributed by atoms with Crippen LogP contribution in [0.4, 0.5) is 0 Å². The van der Waals surface area contributed by atoms with Crippen LogP contribution in [0.3, 0.4) is 0 Å². The van der Waals surface area contributed by atoms with E-state index in [-0.39, 0.29) is 0 Å². The Morgan fingerprint density at radius 2 is 1.50 bits per heavy atom. The largest absolute Gasteiger partial charge is 0.460 e. The van der Waals surface area contributed by atoms with E-state index in [0.29, 0.717) is 0 Å². The molecule has 74 valence electrons. The summed E-state index contributed by atoms with van der Waals surface area (Å²) < 4.78 is 6.20. The molecule has 1 atom stereocenters. The standard InChI is InChI=1S/C9H24OSi2/c1-7-11(6)10-12(8(2)3)9(4)5/h8-9,11-12H,7H2,1-6H3. The molecule has 0 saturated heterocycles. The van der Waals surface area contributed by atoms with E-state index < -0.39 is 18.1 Å². The lowest BCUT2D eigenvalue weighted by atomic mass is 10.5.